The molecular formula is C13H13N3O2. The average Bonchev–Trinajstić information content (AvgIpc) is 2.38. The Kier molecular flexibility index (Phi) is 3.28. The minimum absolute atomic E-state index is 0.100. The lowest BCUT2D eigenvalue weighted by Gasteiger charge is -2.35. The number of hydrogen-bond acceptors (Lipinski definition) is 4. The van der Waals surface area contributed by atoms with Crippen LogP contribution < -0.4 is 10.2 Å². The van der Waals surface area contributed by atoms with Crippen molar-refractivity contribution in [2.24, 2.45) is 0 Å². The summed E-state index contributed by atoms with van der Waals surface area (Å²) in [5, 5.41) is 11.4. The zero-order chi connectivity index (χ0) is 13.1. The van der Waals surface area contributed by atoms with Crippen LogP contribution in [0.2, 0.25) is 0 Å². The summed E-state index contributed by atoms with van der Waals surface area (Å²) in [7, 11) is 0. The molecule has 0 aliphatic carbocycles. The molecule has 0 saturated carbocycles. The molecule has 2 rings (SSSR count). The van der Waals surface area contributed by atoms with Crippen molar-refractivity contribution in [3.8, 4) is 6.07 Å². The van der Waals surface area contributed by atoms with Crippen molar-refractivity contribution in [2.75, 3.05) is 11.4 Å². The molecule has 0 spiro atoms. The van der Waals surface area contributed by atoms with Gasteiger partial charge in [0.1, 0.15) is 12.1 Å². The van der Waals surface area contributed by atoms with Crippen LogP contribution in [0.3, 0.4) is 0 Å². The van der Waals surface area contributed by atoms with E-state index in [1.807, 2.05) is 6.92 Å². The minimum Gasteiger partial charge on any atom is -0.349 e. The van der Waals surface area contributed by atoms with Gasteiger partial charge in [0.05, 0.1) is 17.8 Å². The standard InChI is InChI=1S/C13H13N3O2/c1-2-10-13(18)15-12(17)8-16(10)11-6-4-3-5-9(11)7-14/h3-6,10H,2,8H2,1H3,(H,15,17,18). The normalized spacial score (nSPS) is 19.3. The molecule has 0 aromatic heterocycles. The summed E-state index contributed by atoms with van der Waals surface area (Å²) in [5.41, 5.74) is 1.11. The van der Waals surface area contributed by atoms with Crippen LogP contribution >= 0.6 is 0 Å². The molecule has 1 aromatic rings. The number of piperazine rings is 1. The first kappa shape index (κ1) is 12.1. The molecule has 18 heavy (non-hydrogen) atoms. The summed E-state index contributed by atoms with van der Waals surface area (Å²) in [4.78, 5) is 24.9. The van der Waals surface area contributed by atoms with Gasteiger partial charge in [-0.3, -0.25) is 14.9 Å². The van der Waals surface area contributed by atoms with Gasteiger partial charge >= 0.3 is 0 Å². The number of nitriles is 1. The lowest BCUT2D eigenvalue weighted by molar-refractivity contribution is -0.132. The van der Waals surface area contributed by atoms with E-state index >= 15 is 0 Å². The Balaban J connectivity index is 2.43. The highest BCUT2D eigenvalue weighted by atomic mass is 16.2. The van der Waals surface area contributed by atoms with Gasteiger partial charge in [0.2, 0.25) is 11.8 Å². The van der Waals surface area contributed by atoms with Gasteiger partial charge in [0, 0.05) is 0 Å². The third-order valence-corrected chi connectivity index (χ3v) is 2.98. The maximum atomic E-state index is 11.8. The van der Waals surface area contributed by atoms with E-state index in [0.717, 1.165) is 0 Å². The third kappa shape index (κ3) is 2.05. The molecular weight excluding hydrogens is 230 g/mol. The second-order valence-electron chi connectivity index (χ2n) is 4.09. The van der Waals surface area contributed by atoms with E-state index in [0.29, 0.717) is 17.7 Å². The van der Waals surface area contributed by atoms with Gasteiger partial charge in [0.15, 0.2) is 0 Å². The van der Waals surface area contributed by atoms with Crippen molar-refractivity contribution in [1.82, 2.24) is 5.32 Å². The van der Waals surface area contributed by atoms with Gasteiger partial charge in [-0.2, -0.15) is 5.26 Å². The molecule has 0 radical (unpaired) electrons. The summed E-state index contributed by atoms with van der Waals surface area (Å²) in [6, 6.07) is 8.66. The van der Waals surface area contributed by atoms with E-state index in [1.165, 1.54) is 0 Å². The highest BCUT2D eigenvalue weighted by Crippen LogP contribution is 2.24. The Hall–Kier alpha value is -2.35. The van der Waals surface area contributed by atoms with Gasteiger partial charge in [-0.05, 0) is 18.6 Å². The number of imide groups is 1. The van der Waals surface area contributed by atoms with E-state index in [2.05, 4.69) is 11.4 Å². The van der Waals surface area contributed by atoms with Crippen molar-refractivity contribution < 1.29 is 9.59 Å². The number of rotatable bonds is 2. The Morgan fingerprint density at radius 1 is 1.44 bits per heavy atom. The van der Waals surface area contributed by atoms with Gasteiger partial charge in [-0.25, -0.2) is 0 Å². The third-order valence-electron chi connectivity index (χ3n) is 2.98. The van der Waals surface area contributed by atoms with Crippen LogP contribution in [0.4, 0.5) is 5.69 Å². The molecule has 1 aliphatic heterocycles. The van der Waals surface area contributed by atoms with Crippen LogP contribution in [0.25, 0.3) is 0 Å². The monoisotopic (exact) mass is 243 g/mol. The summed E-state index contributed by atoms with van der Waals surface area (Å²) >= 11 is 0. The van der Waals surface area contributed by atoms with Crippen molar-refractivity contribution in [3.05, 3.63) is 29.8 Å². The zero-order valence-corrected chi connectivity index (χ0v) is 10.0. The maximum Gasteiger partial charge on any atom is 0.249 e. The van der Waals surface area contributed by atoms with Crippen LogP contribution in [0.5, 0.6) is 0 Å². The number of benzene rings is 1. The largest absolute Gasteiger partial charge is 0.349 e. The Bertz CT molecular complexity index is 533. The highest BCUT2D eigenvalue weighted by molar-refractivity contribution is 6.04. The Morgan fingerprint density at radius 2 is 2.17 bits per heavy atom. The van der Waals surface area contributed by atoms with E-state index in [9.17, 15) is 9.59 Å². The molecule has 5 nitrogen and oxygen atoms in total. The average molecular weight is 243 g/mol. The van der Waals surface area contributed by atoms with Crippen LogP contribution in [0.1, 0.15) is 18.9 Å². The van der Waals surface area contributed by atoms with Gasteiger partial charge < -0.3 is 4.90 Å². The Labute approximate surface area is 105 Å². The molecule has 1 heterocycles. The first-order valence-corrected chi connectivity index (χ1v) is 5.76. The van der Waals surface area contributed by atoms with Crippen LogP contribution in [0.15, 0.2) is 24.3 Å². The van der Waals surface area contributed by atoms with E-state index in [1.54, 1.807) is 29.2 Å². The quantitative estimate of drug-likeness (QED) is 0.780. The predicted octanol–water partition coefficient (Wildman–Crippen LogP) is 0.800. The number of nitrogens with one attached hydrogen (secondary N) is 1. The summed E-state index contributed by atoms with van der Waals surface area (Å²) in [6.45, 7) is 1.98. The second-order valence-corrected chi connectivity index (χ2v) is 4.09. The SMILES string of the molecule is CCC1C(=O)NC(=O)CN1c1ccccc1C#N. The molecule has 1 fully saturated rings. The highest BCUT2D eigenvalue weighted by Gasteiger charge is 2.33. The van der Waals surface area contributed by atoms with Crippen LogP contribution in [-0.2, 0) is 9.59 Å². The first-order valence-electron chi connectivity index (χ1n) is 5.76. The van der Waals surface area contributed by atoms with Crippen molar-refractivity contribution in [1.29, 1.82) is 5.26 Å². The number of para-hydroxylation sites is 1. The fourth-order valence-corrected chi connectivity index (χ4v) is 2.14. The minimum atomic E-state index is -0.405. The van der Waals surface area contributed by atoms with Crippen LogP contribution in [0, 0.1) is 11.3 Å². The zero-order valence-electron chi connectivity index (χ0n) is 10.0. The van der Waals surface area contributed by atoms with E-state index < -0.39 is 6.04 Å². The van der Waals surface area contributed by atoms with Crippen LogP contribution in [-0.4, -0.2) is 24.4 Å². The number of amides is 2. The maximum absolute atomic E-state index is 11.8. The van der Waals surface area contributed by atoms with Gasteiger partial charge in [-0.1, -0.05) is 19.1 Å². The number of carbonyl (C=O) groups excluding carboxylic acids is 2. The predicted molar refractivity (Wildman–Crippen MR) is 65.7 cm³/mol. The molecule has 1 saturated heterocycles. The summed E-state index contributed by atoms with van der Waals surface area (Å²) in [5.74, 6) is -0.640. The molecule has 1 N–H and O–H groups in total. The number of carbonyl (C=O) groups is 2. The fourth-order valence-electron chi connectivity index (χ4n) is 2.14. The molecule has 1 unspecified atom stereocenters. The summed E-state index contributed by atoms with van der Waals surface area (Å²) in [6.07, 6.45) is 0.582. The lowest BCUT2D eigenvalue weighted by atomic mass is 10.1. The van der Waals surface area contributed by atoms with Gasteiger partial charge in [-0.15, -0.1) is 0 Å². The number of anilines is 1. The molecule has 92 valence electrons. The molecule has 2 amide bonds. The smallest absolute Gasteiger partial charge is 0.249 e. The van der Waals surface area contributed by atoms with Crippen molar-refractivity contribution in [3.63, 3.8) is 0 Å². The molecule has 1 atom stereocenters. The first-order chi connectivity index (χ1) is 8.67. The second kappa shape index (κ2) is 4.88. The number of hydrogen-bond donors (Lipinski definition) is 1. The van der Waals surface area contributed by atoms with Crippen molar-refractivity contribution >= 4 is 17.5 Å². The molecule has 0 bridgehead atoms. The van der Waals surface area contributed by atoms with Crippen molar-refractivity contribution in [2.45, 2.75) is 19.4 Å². The van der Waals surface area contributed by atoms with E-state index in [-0.39, 0.29) is 18.4 Å². The van der Waals surface area contributed by atoms with E-state index in [4.69, 9.17) is 5.26 Å². The Morgan fingerprint density at radius 3 is 2.83 bits per heavy atom. The summed E-state index contributed by atoms with van der Waals surface area (Å²) < 4.78 is 0. The molecule has 5 heteroatoms. The fraction of sp³-hybridized carbons (Fsp3) is 0.308. The molecule has 1 aliphatic rings. The number of nitrogens with zero attached hydrogens (tertiary/aromatic N) is 2. The van der Waals surface area contributed by atoms with Gasteiger partial charge in [0.25, 0.3) is 0 Å². The topological polar surface area (TPSA) is 73.2 Å². The molecule has 1 aromatic carbocycles. The lowest BCUT2D eigenvalue weighted by Crippen LogP contribution is -2.58.